The molecule has 4 aromatic rings. The molecule has 3 aliphatic rings. The Morgan fingerprint density at radius 1 is 0.659 bits per heavy atom. The predicted molar refractivity (Wildman–Crippen MR) is 179 cm³/mol. The molecule has 6 heteroatoms. The first-order valence-electron chi connectivity index (χ1n) is 14.5. The van der Waals surface area contributed by atoms with E-state index < -0.39 is 0 Å². The number of benzene rings is 4. The third kappa shape index (κ3) is 6.09. The minimum atomic E-state index is 0.428. The molecule has 2 saturated heterocycles. The van der Waals surface area contributed by atoms with Gasteiger partial charge in [0.25, 0.3) is 0 Å². The van der Waals surface area contributed by atoms with Crippen LogP contribution in [0.5, 0.6) is 0 Å². The van der Waals surface area contributed by atoms with Crippen LogP contribution in [0.4, 0.5) is 11.4 Å². The van der Waals surface area contributed by atoms with Crippen molar-refractivity contribution in [3.8, 4) is 11.1 Å². The fourth-order valence-electron chi connectivity index (χ4n) is 5.63. The SMILES string of the molecule is CCC1c2ccc(/C=N/N(CC3CS3)c3ccccc3)cc2-c2cc(/C=N/N(CC3CS3)c3ccccc3)ccc21. The lowest BCUT2D eigenvalue weighted by Crippen LogP contribution is -2.21. The van der Waals surface area contributed by atoms with Gasteiger partial charge in [-0.3, -0.25) is 10.0 Å². The van der Waals surface area contributed by atoms with Gasteiger partial charge in [0, 0.05) is 27.9 Å². The minimum Gasteiger partial charge on any atom is -0.264 e. The molecule has 2 unspecified atom stereocenters. The van der Waals surface area contributed by atoms with Crippen molar-refractivity contribution in [2.45, 2.75) is 29.8 Å². The third-order valence-electron chi connectivity index (χ3n) is 7.96. The molecule has 0 saturated carbocycles. The van der Waals surface area contributed by atoms with Crippen molar-refractivity contribution in [3.63, 3.8) is 0 Å². The van der Waals surface area contributed by atoms with E-state index in [0.29, 0.717) is 16.4 Å². The lowest BCUT2D eigenvalue weighted by Gasteiger charge is -2.18. The van der Waals surface area contributed by atoms with Crippen LogP contribution in [0.2, 0.25) is 0 Å². The summed E-state index contributed by atoms with van der Waals surface area (Å²) >= 11 is 4.01. The Labute approximate surface area is 251 Å². The minimum absolute atomic E-state index is 0.428. The lowest BCUT2D eigenvalue weighted by atomic mass is 9.94. The van der Waals surface area contributed by atoms with E-state index in [0.717, 1.165) is 42.0 Å². The molecule has 4 nitrogen and oxygen atoms in total. The molecule has 4 aromatic carbocycles. The maximum Gasteiger partial charge on any atom is 0.0594 e. The molecule has 0 spiro atoms. The van der Waals surface area contributed by atoms with Crippen LogP contribution in [0, 0.1) is 0 Å². The number of nitrogens with zero attached hydrogens (tertiary/aromatic N) is 4. The van der Waals surface area contributed by atoms with Gasteiger partial charge >= 0.3 is 0 Å². The van der Waals surface area contributed by atoms with Crippen LogP contribution >= 0.6 is 23.5 Å². The van der Waals surface area contributed by atoms with Gasteiger partial charge in [-0.1, -0.05) is 67.6 Å². The Morgan fingerprint density at radius 2 is 1.10 bits per heavy atom. The first-order chi connectivity index (χ1) is 20.2. The number of para-hydroxylation sites is 2. The molecular weight excluding hydrogens is 541 g/mol. The number of thioether (sulfide) groups is 2. The number of hydrogen-bond acceptors (Lipinski definition) is 6. The second-order valence-electron chi connectivity index (χ2n) is 10.9. The number of hydrogen-bond donors (Lipinski definition) is 0. The van der Waals surface area contributed by atoms with E-state index in [-0.39, 0.29) is 0 Å². The summed E-state index contributed by atoms with van der Waals surface area (Å²) in [5.74, 6) is 2.87. The zero-order valence-corrected chi connectivity index (χ0v) is 24.9. The van der Waals surface area contributed by atoms with Gasteiger partial charge in [-0.05, 0) is 76.2 Å². The van der Waals surface area contributed by atoms with Crippen molar-refractivity contribution >= 4 is 47.3 Å². The maximum absolute atomic E-state index is 4.96. The molecule has 206 valence electrons. The van der Waals surface area contributed by atoms with Crippen LogP contribution in [0.25, 0.3) is 11.1 Å². The molecule has 0 N–H and O–H groups in total. The Balaban J connectivity index is 1.17. The van der Waals surface area contributed by atoms with E-state index in [4.69, 9.17) is 10.2 Å². The fraction of sp³-hybridized carbons (Fsp3) is 0.257. The zero-order chi connectivity index (χ0) is 27.6. The second-order valence-corrected chi connectivity index (χ2v) is 13.6. The van der Waals surface area contributed by atoms with Crippen LogP contribution < -0.4 is 10.0 Å². The third-order valence-corrected chi connectivity index (χ3v) is 9.87. The number of anilines is 2. The molecule has 2 fully saturated rings. The number of fused-ring (bicyclic) bond motifs is 3. The Bertz CT molecular complexity index is 1450. The largest absolute Gasteiger partial charge is 0.264 e. The van der Waals surface area contributed by atoms with Crippen LogP contribution in [-0.4, -0.2) is 47.5 Å². The van der Waals surface area contributed by atoms with Crippen molar-refractivity contribution < 1.29 is 0 Å². The smallest absolute Gasteiger partial charge is 0.0594 e. The quantitative estimate of drug-likeness (QED) is 0.103. The molecule has 1 aliphatic carbocycles. The monoisotopic (exact) mass is 574 g/mol. The highest BCUT2D eigenvalue weighted by Gasteiger charge is 2.29. The van der Waals surface area contributed by atoms with Gasteiger partial charge in [-0.15, -0.1) is 0 Å². The van der Waals surface area contributed by atoms with Gasteiger partial charge in [0.2, 0.25) is 0 Å². The summed E-state index contributed by atoms with van der Waals surface area (Å²) in [5.41, 5.74) is 10.0. The van der Waals surface area contributed by atoms with E-state index in [1.807, 2.05) is 36.0 Å². The van der Waals surface area contributed by atoms with Gasteiger partial charge in [-0.25, -0.2) is 0 Å². The van der Waals surface area contributed by atoms with Crippen molar-refractivity contribution in [2.75, 3.05) is 34.6 Å². The standard InChI is InChI=1S/C35H34N4S2/c1-2-31-32-15-13-25(19-36-38(21-29-23-40-29)27-9-5-3-6-10-27)17-34(32)35-18-26(14-16-33(31)35)20-37-39(22-30-24-41-30)28-11-7-4-8-12-28/h3-20,29-31H,2,21-24H2,1H3/b36-19+,37-20+. The van der Waals surface area contributed by atoms with Crippen LogP contribution in [0.15, 0.2) is 107 Å². The maximum atomic E-state index is 4.96. The summed E-state index contributed by atoms with van der Waals surface area (Å²) in [4.78, 5) is 0. The Hall–Kier alpha value is -3.48. The van der Waals surface area contributed by atoms with E-state index in [1.165, 1.54) is 33.8 Å². The average molecular weight is 575 g/mol. The zero-order valence-electron chi connectivity index (χ0n) is 23.3. The highest BCUT2D eigenvalue weighted by Crippen LogP contribution is 2.46. The summed E-state index contributed by atoms with van der Waals surface area (Å²) < 4.78 is 0. The number of hydrazone groups is 2. The van der Waals surface area contributed by atoms with Gasteiger partial charge in [0.15, 0.2) is 0 Å². The molecule has 2 aliphatic heterocycles. The summed E-state index contributed by atoms with van der Waals surface area (Å²) in [6.07, 6.45) is 5.14. The van der Waals surface area contributed by atoms with E-state index in [1.54, 1.807) is 0 Å². The summed E-state index contributed by atoms with van der Waals surface area (Å²) in [6, 6.07) is 34.7. The Kier molecular flexibility index (Phi) is 7.60. The molecular formula is C35H34N4S2. The molecule has 41 heavy (non-hydrogen) atoms. The van der Waals surface area contributed by atoms with E-state index in [9.17, 15) is 0 Å². The van der Waals surface area contributed by atoms with Crippen molar-refractivity contribution in [1.29, 1.82) is 0 Å². The van der Waals surface area contributed by atoms with E-state index in [2.05, 4.69) is 114 Å². The highest BCUT2D eigenvalue weighted by atomic mass is 32.2. The highest BCUT2D eigenvalue weighted by molar-refractivity contribution is 8.07. The summed E-state index contributed by atoms with van der Waals surface area (Å²) in [5, 5.41) is 15.5. The first-order valence-corrected chi connectivity index (χ1v) is 16.6. The molecule has 2 heterocycles. The van der Waals surface area contributed by atoms with Gasteiger partial charge in [-0.2, -0.15) is 33.7 Å². The normalized spacial score (nSPS) is 20.3. The van der Waals surface area contributed by atoms with E-state index >= 15 is 0 Å². The second kappa shape index (κ2) is 11.8. The van der Waals surface area contributed by atoms with Crippen LogP contribution in [0.1, 0.15) is 41.5 Å². The average Bonchev–Trinajstić information content (AvgIpc) is 3.97. The van der Waals surface area contributed by atoms with Crippen molar-refractivity contribution in [3.05, 3.63) is 119 Å². The van der Waals surface area contributed by atoms with Gasteiger partial charge in [0.1, 0.15) is 0 Å². The molecule has 7 rings (SSSR count). The van der Waals surface area contributed by atoms with Gasteiger partial charge < -0.3 is 0 Å². The summed E-state index contributed by atoms with van der Waals surface area (Å²) in [7, 11) is 0. The van der Waals surface area contributed by atoms with Gasteiger partial charge in [0.05, 0.1) is 36.9 Å². The van der Waals surface area contributed by atoms with Crippen LogP contribution in [-0.2, 0) is 0 Å². The molecule has 0 radical (unpaired) electrons. The van der Waals surface area contributed by atoms with Crippen molar-refractivity contribution in [2.24, 2.45) is 10.2 Å². The summed E-state index contributed by atoms with van der Waals surface area (Å²) in [6.45, 7) is 4.17. The number of rotatable bonds is 11. The fourth-order valence-corrected chi connectivity index (χ4v) is 6.61. The molecule has 2 atom stereocenters. The molecule has 0 aromatic heterocycles. The predicted octanol–water partition coefficient (Wildman–Crippen LogP) is 8.12. The van der Waals surface area contributed by atoms with Crippen molar-refractivity contribution in [1.82, 2.24) is 0 Å². The molecule has 0 bridgehead atoms. The molecule has 0 amide bonds. The lowest BCUT2D eigenvalue weighted by molar-refractivity contribution is 0.797. The first kappa shape index (κ1) is 26.4. The topological polar surface area (TPSA) is 31.2 Å². The van der Waals surface area contributed by atoms with Crippen LogP contribution in [0.3, 0.4) is 0 Å². The Morgan fingerprint density at radius 3 is 1.49 bits per heavy atom.